The van der Waals surface area contributed by atoms with Crippen molar-refractivity contribution < 1.29 is 9.90 Å². The molecule has 1 heterocycles. The molecule has 1 aromatic heterocycles. The summed E-state index contributed by atoms with van der Waals surface area (Å²) in [6, 6.07) is 7.53. The number of fused-ring (bicyclic) bond motifs is 1. The summed E-state index contributed by atoms with van der Waals surface area (Å²) < 4.78 is 0. The third-order valence-electron chi connectivity index (χ3n) is 3.73. The standard InChI is InChI=1S/C15H20N2O2/c1-3-15(19,4-2)10-17-14(18)12-7-5-6-11-8-9-16-13(11)12/h5-9,16,19H,3-4,10H2,1-2H3,(H,17,18). The summed E-state index contributed by atoms with van der Waals surface area (Å²) in [5, 5.41) is 14.0. The van der Waals surface area contributed by atoms with Gasteiger partial charge in [-0.25, -0.2) is 0 Å². The van der Waals surface area contributed by atoms with Crippen molar-refractivity contribution in [1.82, 2.24) is 10.3 Å². The van der Waals surface area contributed by atoms with Crippen LogP contribution in [-0.2, 0) is 0 Å². The zero-order valence-corrected chi connectivity index (χ0v) is 11.4. The molecule has 4 heteroatoms. The smallest absolute Gasteiger partial charge is 0.253 e. The molecule has 1 aromatic carbocycles. The second-order valence-corrected chi connectivity index (χ2v) is 4.86. The number of hydrogen-bond acceptors (Lipinski definition) is 2. The summed E-state index contributed by atoms with van der Waals surface area (Å²) in [6.45, 7) is 4.11. The molecule has 0 aliphatic heterocycles. The molecule has 0 saturated carbocycles. The van der Waals surface area contributed by atoms with Crippen molar-refractivity contribution in [3.63, 3.8) is 0 Å². The number of aliphatic hydroxyl groups is 1. The van der Waals surface area contributed by atoms with Gasteiger partial charge in [0.05, 0.1) is 16.7 Å². The minimum Gasteiger partial charge on any atom is -0.388 e. The van der Waals surface area contributed by atoms with E-state index in [-0.39, 0.29) is 12.5 Å². The molecule has 4 nitrogen and oxygen atoms in total. The van der Waals surface area contributed by atoms with Crippen molar-refractivity contribution in [2.75, 3.05) is 6.54 Å². The number of nitrogens with one attached hydrogen (secondary N) is 2. The number of aromatic amines is 1. The first-order chi connectivity index (χ1) is 9.09. The summed E-state index contributed by atoms with van der Waals surface area (Å²) in [7, 11) is 0. The molecule has 0 saturated heterocycles. The van der Waals surface area contributed by atoms with Crippen LogP contribution >= 0.6 is 0 Å². The fourth-order valence-electron chi connectivity index (χ4n) is 2.11. The van der Waals surface area contributed by atoms with Crippen LogP contribution < -0.4 is 5.32 Å². The molecule has 0 bridgehead atoms. The van der Waals surface area contributed by atoms with Gasteiger partial charge in [-0.15, -0.1) is 0 Å². The molecule has 0 aliphatic rings. The Labute approximate surface area is 112 Å². The third-order valence-corrected chi connectivity index (χ3v) is 3.73. The van der Waals surface area contributed by atoms with Crippen molar-refractivity contribution in [3.05, 3.63) is 36.0 Å². The predicted molar refractivity (Wildman–Crippen MR) is 76.2 cm³/mol. The van der Waals surface area contributed by atoms with E-state index in [1.807, 2.05) is 38.2 Å². The minimum atomic E-state index is -0.820. The molecule has 1 amide bonds. The lowest BCUT2D eigenvalue weighted by Gasteiger charge is -2.25. The second kappa shape index (κ2) is 5.45. The van der Waals surface area contributed by atoms with E-state index in [1.54, 1.807) is 6.07 Å². The number of benzene rings is 1. The predicted octanol–water partition coefficient (Wildman–Crippen LogP) is 2.45. The van der Waals surface area contributed by atoms with E-state index in [9.17, 15) is 9.90 Å². The first-order valence-corrected chi connectivity index (χ1v) is 6.66. The zero-order chi connectivity index (χ0) is 13.9. The van der Waals surface area contributed by atoms with Crippen molar-refractivity contribution in [2.24, 2.45) is 0 Å². The highest BCUT2D eigenvalue weighted by atomic mass is 16.3. The molecule has 3 N–H and O–H groups in total. The van der Waals surface area contributed by atoms with Gasteiger partial charge in [0.25, 0.3) is 5.91 Å². The first kappa shape index (κ1) is 13.6. The normalized spacial score (nSPS) is 11.7. The number of para-hydroxylation sites is 1. The summed E-state index contributed by atoms with van der Waals surface area (Å²) in [5.74, 6) is -0.159. The van der Waals surface area contributed by atoms with E-state index >= 15 is 0 Å². The van der Waals surface area contributed by atoms with Crippen molar-refractivity contribution in [2.45, 2.75) is 32.3 Å². The molecule has 2 rings (SSSR count). The maximum Gasteiger partial charge on any atom is 0.253 e. The van der Waals surface area contributed by atoms with Crippen molar-refractivity contribution in [3.8, 4) is 0 Å². The number of hydrogen-bond donors (Lipinski definition) is 3. The summed E-state index contributed by atoms with van der Waals surface area (Å²) in [6.07, 6.45) is 3.06. The van der Waals surface area contributed by atoms with Crippen LogP contribution in [0.3, 0.4) is 0 Å². The van der Waals surface area contributed by atoms with Crippen LogP contribution in [0, 0.1) is 0 Å². The van der Waals surface area contributed by atoms with Crippen LogP contribution in [0.15, 0.2) is 30.5 Å². The molecule has 0 radical (unpaired) electrons. The largest absolute Gasteiger partial charge is 0.388 e. The average Bonchev–Trinajstić information content (AvgIpc) is 2.92. The molecular weight excluding hydrogens is 240 g/mol. The van der Waals surface area contributed by atoms with Gasteiger partial charge in [-0.2, -0.15) is 0 Å². The lowest BCUT2D eigenvalue weighted by atomic mass is 9.97. The Kier molecular flexibility index (Phi) is 3.90. The van der Waals surface area contributed by atoms with Crippen LogP contribution in [0.1, 0.15) is 37.0 Å². The fraction of sp³-hybridized carbons (Fsp3) is 0.400. The second-order valence-electron chi connectivity index (χ2n) is 4.86. The van der Waals surface area contributed by atoms with Crippen molar-refractivity contribution >= 4 is 16.8 Å². The fourth-order valence-corrected chi connectivity index (χ4v) is 2.11. The van der Waals surface area contributed by atoms with Crippen LogP contribution in [0.2, 0.25) is 0 Å². The van der Waals surface area contributed by atoms with E-state index in [1.165, 1.54) is 0 Å². The van der Waals surface area contributed by atoms with Gasteiger partial charge in [-0.05, 0) is 25.0 Å². The summed E-state index contributed by atoms with van der Waals surface area (Å²) >= 11 is 0. The van der Waals surface area contributed by atoms with E-state index in [4.69, 9.17) is 0 Å². The summed E-state index contributed by atoms with van der Waals surface area (Å²) in [4.78, 5) is 15.3. The Morgan fingerprint density at radius 3 is 2.74 bits per heavy atom. The van der Waals surface area contributed by atoms with Crippen LogP contribution in [0.4, 0.5) is 0 Å². The Bertz CT molecular complexity index is 570. The molecule has 19 heavy (non-hydrogen) atoms. The Morgan fingerprint density at radius 1 is 1.32 bits per heavy atom. The van der Waals surface area contributed by atoms with E-state index < -0.39 is 5.60 Å². The third kappa shape index (κ3) is 2.79. The average molecular weight is 260 g/mol. The molecule has 0 aliphatic carbocycles. The van der Waals surface area contributed by atoms with Gasteiger partial charge in [0.15, 0.2) is 0 Å². The maximum absolute atomic E-state index is 12.2. The van der Waals surface area contributed by atoms with E-state index in [2.05, 4.69) is 10.3 Å². The molecular formula is C15H20N2O2. The minimum absolute atomic E-state index is 0.159. The first-order valence-electron chi connectivity index (χ1n) is 6.66. The topological polar surface area (TPSA) is 65.1 Å². The van der Waals surface area contributed by atoms with Gasteiger partial charge in [0, 0.05) is 18.1 Å². The maximum atomic E-state index is 12.2. The Balaban J connectivity index is 2.14. The molecule has 2 aromatic rings. The zero-order valence-electron chi connectivity index (χ0n) is 11.4. The van der Waals surface area contributed by atoms with Gasteiger partial charge >= 0.3 is 0 Å². The number of aromatic nitrogens is 1. The molecule has 0 atom stereocenters. The Morgan fingerprint density at radius 2 is 2.05 bits per heavy atom. The summed E-state index contributed by atoms with van der Waals surface area (Å²) in [5.41, 5.74) is 0.618. The van der Waals surface area contributed by atoms with Gasteiger partial charge in [-0.1, -0.05) is 26.0 Å². The molecule has 0 spiro atoms. The number of carbonyl (C=O) groups is 1. The highest BCUT2D eigenvalue weighted by Gasteiger charge is 2.23. The SMILES string of the molecule is CCC(O)(CC)CNC(=O)c1cccc2cc[nH]c12. The number of amides is 1. The molecule has 0 unspecified atom stereocenters. The van der Waals surface area contributed by atoms with Crippen LogP contribution in [0.5, 0.6) is 0 Å². The lowest BCUT2D eigenvalue weighted by molar-refractivity contribution is 0.0314. The van der Waals surface area contributed by atoms with Gasteiger partial charge in [-0.3, -0.25) is 4.79 Å². The number of H-pyrrole nitrogens is 1. The van der Waals surface area contributed by atoms with E-state index in [0.717, 1.165) is 10.9 Å². The number of rotatable bonds is 5. The Hall–Kier alpha value is -1.81. The van der Waals surface area contributed by atoms with Gasteiger partial charge in [0.1, 0.15) is 0 Å². The quantitative estimate of drug-likeness (QED) is 0.773. The monoisotopic (exact) mass is 260 g/mol. The van der Waals surface area contributed by atoms with Crippen LogP contribution in [0.25, 0.3) is 10.9 Å². The van der Waals surface area contributed by atoms with Crippen molar-refractivity contribution in [1.29, 1.82) is 0 Å². The van der Waals surface area contributed by atoms with Gasteiger partial charge < -0.3 is 15.4 Å². The highest BCUT2D eigenvalue weighted by Crippen LogP contribution is 2.18. The molecule has 102 valence electrons. The number of carbonyl (C=O) groups excluding carboxylic acids is 1. The van der Waals surface area contributed by atoms with Gasteiger partial charge in [0.2, 0.25) is 0 Å². The lowest BCUT2D eigenvalue weighted by Crippen LogP contribution is -2.42. The van der Waals surface area contributed by atoms with Crippen LogP contribution in [-0.4, -0.2) is 28.1 Å². The molecule has 0 fully saturated rings. The van der Waals surface area contributed by atoms with E-state index in [0.29, 0.717) is 18.4 Å². The highest BCUT2D eigenvalue weighted by molar-refractivity contribution is 6.05.